The average molecular weight is 355 g/mol. The molecule has 23 heavy (non-hydrogen) atoms. The fourth-order valence-corrected chi connectivity index (χ4v) is 2.63. The molecule has 0 saturated carbocycles. The van der Waals surface area contributed by atoms with Crippen LogP contribution in [0, 0.1) is 0 Å². The van der Waals surface area contributed by atoms with Crippen molar-refractivity contribution in [2.24, 2.45) is 0 Å². The number of hydrogen-bond donors (Lipinski definition) is 0. The molecule has 0 unspecified atom stereocenters. The number of hydrogen-bond acceptors (Lipinski definition) is 6. The zero-order valence-corrected chi connectivity index (χ0v) is 13.6. The standard InChI is InChI=1S/C14H12Cl2N4O3/c1-2-23-13(22)11-12(21)20-6-5-19(14(20)18-17-11)8-3-4-9(15)10(16)7-8/h3-4,7H,2,5-6H2,1H3. The molecule has 0 radical (unpaired) electrons. The maximum absolute atomic E-state index is 12.4. The molecule has 1 aromatic carbocycles. The highest BCUT2D eigenvalue weighted by Crippen LogP contribution is 2.32. The first-order valence-corrected chi connectivity index (χ1v) is 7.65. The maximum Gasteiger partial charge on any atom is 0.364 e. The number of fused-ring (bicyclic) bond motifs is 1. The summed E-state index contributed by atoms with van der Waals surface area (Å²) in [6, 6.07) is 5.13. The number of esters is 1. The van der Waals surface area contributed by atoms with Crippen LogP contribution in [0.5, 0.6) is 0 Å². The lowest BCUT2D eigenvalue weighted by molar-refractivity contribution is 0.0515. The van der Waals surface area contributed by atoms with Gasteiger partial charge in [0.25, 0.3) is 5.56 Å². The third-order valence-corrected chi connectivity index (χ3v) is 4.14. The summed E-state index contributed by atoms with van der Waals surface area (Å²) in [5, 5.41) is 8.57. The Balaban J connectivity index is 2.01. The van der Waals surface area contributed by atoms with Crippen LogP contribution in [-0.2, 0) is 11.3 Å². The van der Waals surface area contributed by atoms with E-state index in [0.717, 1.165) is 5.69 Å². The topological polar surface area (TPSA) is 77.3 Å². The summed E-state index contributed by atoms with van der Waals surface area (Å²) in [4.78, 5) is 25.9. The normalized spacial score (nSPS) is 13.1. The smallest absolute Gasteiger partial charge is 0.364 e. The number of ether oxygens (including phenoxy) is 1. The highest BCUT2D eigenvalue weighted by molar-refractivity contribution is 6.42. The zero-order valence-electron chi connectivity index (χ0n) is 12.1. The van der Waals surface area contributed by atoms with Crippen LogP contribution < -0.4 is 10.5 Å². The molecule has 0 amide bonds. The SMILES string of the molecule is CCOC(=O)c1nnc2n(c1=O)CCN2c1ccc(Cl)c(Cl)c1. The molecule has 1 aliphatic rings. The van der Waals surface area contributed by atoms with Gasteiger partial charge in [0.2, 0.25) is 11.6 Å². The van der Waals surface area contributed by atoms with E-state index in [1.54, 1.807) is 30.0 Å². The Morgan fingerprint density at radius 1 is 1.26 bits per heavy atom. The first kappa shape index (κ1) is 15.8. The molecule has 1 aromatic heterocycles. The number of rotatable bonds is 3. The summed E-state index contributed by atoms with van der Waals surface area (Å²) in [7, 11) is 0. The molecule has 2 aromatic rings. The Bertz CT molecular complexity index is 837. The molecule has 120 valence electrons. The van der Waals surface area contributed by atoms with Crippen LogP contribution in [0.3, 0.4) is 0 Å². The third kappa shape index (κ3) is 2.77. The molecule has 0 fully saturated rings. The lowest BCUT2D eigenvalue weighted by Gasteiger charge is -2.17. The molecule has 2 heterocycles. The van der Waals surface area contributed by atoms with Gasteiger partial charge in [-0.2, -0.15) is 0 Å². The summed E-state index contributed by atoms with van der Waals surface area (Å²) >= 11 is 11.9. The van der Waals surface area contributed by atoms with Gasteiger partial charge in [-0.05, 0) is 25.1 Å². The molecule has 0 bridgehead atoms. The van der Waals surface area contributed by atoms with Gasteiger partial charge >= 0.3 is 5.97 Å². The van der Waals surface area contributed by atoms with Gasteiger partial charge in [0.1, 0.15) is 0 Å². The Morgan fingerprint density at radius 3 is 2.74 bits per heavy atom. The summed E-state index contributed by atoms with van der Waals surface area (Å²) < 4.78 is 6.20. The quantitative estimate of drug-likeness (QED) is 0.786. The van der Waals surface area contributed by atoms with E-state index in [1.807, 2.05) is 0 Å². The molecule has 0 aliphatic carbocycles. The zero-order chi connectivity index (χ0) is 16.6. The van der Waals surface area contributed by atoms with Crippen LogP contribution in [0.25, 0.3) is 0 Å². The number of carbonyl (C=O) groups is 1. The summed E-state index contributed by atoms with van der Waals surface area (Å²) in [6.45, 7) is 2.71. The van der Waals surface area contributed by atoms with Crippen LogP contribution >= 0.6 is 23.2 Å². The maximum atomic E-state index is 12.4. The lowest BCUT2D eigenvalue weighted by Crippen LogP contribution is -2.29. The van der Waals surface area contributed by atoms with Crippen molar-refractivity contribution in [1.29, 1.82) is 0 Å². The number of halogens is 2. The Morgan fingerprint density at radius 2 is 2.04 bits per heavy atom. The average Bonchev–Trinajstić information content (AvgIpc) is 2.95. The minimum atomic E-state index is -0.770. The predicted molar refractivity (Wildman–Crippen MR) is 85.7 cm³/mol. The van der Waals surface area contributed by atoms with Crippen LogP contribution in [0.4, 0.5) is 11.6 Å². The summed E-state index contributed by atoms with van der Waals surface area (Å²) in [6.07, 6.45) is 0. The first-order valence-electron chi connectivity index (χ1n) is 6.90. The fraction of sp³-hybridized carbons (Fsp3) is 0.286. The molecule has 0 N–H and O–H groups in total. The summed E-state index contributed by atoms with van der Waals surface area (Å²) in [5.41, 5.74) is -0.0918. The highest BCUT2D eigenvalue weighted by atomic mass is 35.5. The van der Waals surface area contributed by atoms with Crippen molar-refractivity contribution < 1.29 is 9.53 Å². The van der Waals surface area contributed by atoms with Gasteiger partial charge in [-0.15, -0.1) is 10.2 Å². The van der Waals surface area contributed by atoms with Crippen molar-refractivity contribution in [1.82, 2.24) is 14.8 Å². The molecule has 9 heteroatoms. The van der Waals surface area contributed by atoms with Crippen molar-refractivity contribution in [2.75, 3.05) is 18.1 Å². The minimum absolute atomic E-state index is 0.164. The van der Waals surface area contributed by atoms with Crippen LogP contribution in [-0.4, -0.2) is 33.9 Å². The van der Waals surface area contributed by atoms with Gasteiger partial charge < -0.3 is 9.64 Å². The number of nitrogens with zero attached hydrogens (tertiary/aromatic N) is 4. The third-order valence-electron chi connectivity index (χ3n) is 3.40. The van der Waals surface area contributed by atoms with Gasteiger partial charge in [-0.1, -0.05) is 23.2 Å². The van der Waals surface area contributed by atoms with E-state index in [2.05, 4.69) is 10.2 Å². The molecular formula is C14H12Cl2N4O3. The van der Waals surface area contributed by atoms with E-state index in [0.29, 0.717) is 29.1 Å². The van der Waals surface area contributed by atoms with Crippen molar-refractivity contribution in [3.05, 3.63) is 44.3 Å². The van der Waals surface area contributed by atoms with Gasteiger partial charge in [-0.3, -0.25) is 9.36 Å². The summed E-state index contributed by atoms with van der Waals surface area (Å²) in [5.74, 6) is -0.422. The number of anilines is 2. The number of benzene rings is 1. The second-order valence-electron chi connectivity index (χ2n) is 4.78. The lowest BCUT2D eigenvalue weighted by atomic mass is 10.3. The molecule has 0 spiro atoms. The van der Waals surface area contributed by atoms with Crippen LogP contribution in [0.2, 0.25) is 10.0 Å². The van der Waals surface area contributed by atoms with E-state index in [4.69, 9.17) is 27.9 Å². The van der Waals surface area contributed by atoms with E-state index >= 15 is 0 Å². The first-order chi connectivity index (χ1) is 11.0. The highest BCUT2D eigenvalue weighted by Gasteiger charge is 2.27. The van der Waals surface area contributed by atoms with Crippen molar-refractivity contribution >= 4 is 40.8 Å². The number of aromatic nitrogens is 3. The van der Waals surface area contributed by atoms with Crippen molar-refractivity contribution in [2.45, 2.75) is 13.5 Å². The van der Waals surface area contributed by atoms with Crippen LogP contribution in [0.15, 0.2) is 23.0 Å². The van der Waals surface area contributed by atoms with E-state index in [-0.39, 0.29) is 12.3 Å². The molecule has 0 atom stereocenters. The van der Waals surface area contributed by atoms with Crippen molar-refractivity contribution in [3.63, 3.8) is 0 Å². The molecular weight excluding hydrogens is 343 g/mol. The van der Waals surface area contributed by atoms with E-state index < -0.39 is 11.5 Å². The Hall–Kier alpha value is -2.12. The largest absolute Gasteiger partial charge is 0.461 e. The fourth-order valence-electron chi connectivity index (χ4n) is 2.34. The second-order valence-corrected chi connectivity index (χ2v) is 5.59. The second kappa shape index (κ2) is 6.17. The van der Waals surface area contributed by atoms with Gasteiger partial charge in [0.05, 0.1) is 16.7 Å². The van der Waals surface area contributed by atoms with Crippen LogP contribution in [0.1, 0.15) is 17.4 Å². The van der Waals surface area contributed by atoms with Crippen molar-refractivity contribution in [3.8, 4) is 0 Å². The monoisotopic (exact) mass is 354 g/mol. The molecule has 3 rings (SSSR count). The molecule has 7 nitrogen and oxygen atoms in total. The predicted octanol–water partition coefficient (Wildman–Crippen LogP) is 2.27. The Kier molecular flexibility index (Phi) is 4.23. The van der Waals surface area contributed by atoms with E-state index in [1.165, 1.54) is 4.57 Å². The molecule has 1 aliphatic heterocycles. The van der Waals surface area contributed by atoms with Gasteiger partial charge in [-0.25, -0.2) is 4.79 Å². The van der Waals surface area contributed by atoms with Gasteiger partial charge in [0.15, 0.2) is 0 Å². The number of carbonyl (C=O) groups excluding carboxylic acids is 1. The minimum Gasteiger partial charge on any atom is -0.461 e. The Labute approximate surface area is 141 Å². The van der Waals surface area contributed by atoms with E-state index in [9.17, 15) is 9.59 Å². The molecule has 0 saturated heterocycles. The van der Waals surface area contributed by atoms with Gasteiger partial charge in [0, 0.05) is 18.8 Å².